The summed E-state index contributed by atoms with van der Waals surface area (Å²) < 4.78 is 31.8. The number of hydrogen-bond donors (Lipinski definition) is 0. The highest BCUT2D eigenvalue weighted by atomic mass is 19.2. The largest absolute Gasteiger partial charge is 0.441 e. The monoisotopic (exact) mass is 385 g/mol. The molecule has 2 amide bonds. The van der Waals surface area contributed by atoms with E-state index in [2.05, 4.69) is 4.98 Å². The average Bonchev–Trinajstić information content (AvgIpc) is 3.08. The fourth-order valence-corrected chi connectivity index (χ4v) is 3.28. The van der Waals surface area contributed by atoms with E-state index in [1.807, 2.05) is 0 Å². The Hall–Kier alpha value is -3.29. The van der Waals surface area contributed by atoms with Crippen LogP contribution in [0.3, 0.4) is 0 Å². The highest BCUT2D eigenvalue weighted by Gasteiger charge is 2.26. The Morgan fingerprint density at radius 2 is 1.46 bits per heavy atom. The summed E-state index contributed by atoms with van der Waals surface area (Å²) in [6.45, 7) is 3.07. The summed E-state index contributed by atoms with van der Waals surface area (Å²) in [5.41, 5.74) is 1.83. The molecule has 144 valence electrons. The van der Waals surface area contributed by atoms with Crippen LogP contribution in [0.2, 0.25) is 0 Å². The number of aromatic nitrogens is 1. The summed E-state index contributed by atoms with van der Waals surface area (Å²) in [6.07, 6.45) is 0. The number of aryl methyl sites for hydroxylation is 1. The molecule has 2 heterocycles. The number of oxazole rings is 1. The number of rotatable bonds is 2. The lowest BCUT2D eigenvalue weighted by Crippen LogP contribution is -2.50. The fraction of sp³-hybridized carbons (Fsp3) is 0.250. The third kappa shape index (κ3) is 3.33. The summed E-state index contributed by atoms with van der Waals surface area (Å²) in [5.74, 6) is -2.05. The molecule has 1 aliphatic rings. The maximum atomic E-state index is 13.4. The smallest absolute Gasteiger partial charge is 0.254 e. The van der Waals surface area contributed by atoms with Crippen LogP contribution in [0.4, 0.5) is 8.78 Å². The van der Waals surface area contributed by atoms with Crippen LogP contribution in [0, 0.1) is 18.6 Å². The van der Waals surface area contributed by atoms with Crippen LogP contribution in [0.1, 0.15) is 26.6 Å². The Balaban J connectivity index is 1.43. The predicted molar refractivity (Wildman–Crippen MR) is 96.9 cm³/mol. The zero-order valence-electron chi connectivity index (χ0n) is 15.1. The van der Waals surface area contributed by atoms with Gasteiger partial charge in [-0.3, -0.25) is 9.59 Å². The van der Waals surface area contributed by atoms with Gasteiger partial charge in [0, 0.05) is 44.2 Å². The van der Waals surface area contributed by atoms with E-state index in [-0.39, 0.29) is 17.4 Å². The molecule has 1 aliphatic heterocycles. The van der Waals surface area contributed by atoms with Crippen molar-refractivity contribution in [2.75, 3.05) is 26.2 Å². The molecular formula is C20H17F2N3O3. The number of amides is 2. The molecule has 0 atom stereocenters. The van der Waals surface area contributed by atoms with E-state index in [1.54, 1.807) is 30.0 Å². The number of nitrogens with zero attached hydrogens (tertiary/aromatic N) is 3. The molecule has 0 saturated carbocycles. The van der Waals surface area contributed by atoms with Gasteiger partial charge in [-0.1, -0.05) is 0 Å². The number of hydrogen-bond acceptors (Lipinski definition) is 4. The van der Waals surface area contributed by atoms with E-state index in [0.717, 1.165) is 12.1 Å². The van der Waals surface area contributed by atoms with Crippen LogP contribution in [-0.2, 0) is 0 Å². The summed E-state index contributed by atoms with van der Waals surface area (Å²) in [4.78, 5) is 32.6. The van der Waals surface area contributed by atoms with E-state index in [1.165, 1.54) is 11.0 Å². The number of carbonyl (C=O) groups excluding carboxylic acids is 2. The maximum absolute atomic E-state index is 13.4. The molecule has 1 saturated heterocycles. The van der Waals surface area contributed by atoms with Gasteiger partial charge >= 0.3 is 0 Å². The minimum Gasteiger partial charge on any atom is -0.441 e. The molecule has 3 aromatic rings. The topological polar surface area (TPSA) is 66.7 Å². The van der Waals surface area contributed by atoms with Gasteiger partial charge in [0.25, 0.3) is 11.8 Å². The van der Waals surface area contributed by atoms with Crippen molar-refractivity contribution in [1.29, 1.82) is 0 Å². The summed E-state index contributed by atoms with van der Waals surface area (Å²) in [7, 11) is 0. The zero-order chi connectivity index (χ0) is 19.8. The van der Waals surface area contributed by atoms with Crippen LogP contribution in [-0.4, -0.2) is 52.8 Å². The Morgan fingerprint density at radius 1 is 0.893 bits per heavy atom. The Kier molecular flexibility index (Phi) is 4.54. The van der Waals surface area contributed by atoms with Gasteiger partial charge in [0.05, 0.1) is 0 Å². The molecule has 0 radical (unpaired) electrons. The molecule has 6 nitrogen and oxygen atoms in total. The first kappa shape index (κ1) is 18.1. The third-order valence-electron chi connectivity index (χ3n) is 4.76. The Labute approximate surface area is 159 Å². The molecule has 0 bridgehead atoms. The molecule has 28 heavy (non-hydrogen) atoms. The quantitative estimate of drug-likeness (QED) is 0.680. The highest BCUT2D eigenvalue weighted by Crippen LogP contribution is 2.19. The van der Waals surface area contributed by atoms with Gasteiger partial charge in [-0.05, 0) is 36.4 Å². The minimum atomic E-state index is -1.06. The standard InChI is InChI=1S/C20H17F2N3O3/c1-12-23-17-11-14(3-5-18(17)28-12)20(27)25-8-6-24(7-9-25)19(26)13-2-4-15(21)16(22)10-13/h2-5,10-11H,6-9H2,1H3. The maximum Gasteiger partial charge on any atom is 0.254 e. The van der Waals surface area contributed by atoms with Crippen LogP contribution < -0.4 is 0 Å². The van der Waals surface area contributed by atoms with E-state index >= 15 is 0 Å². The van der Waals surface area contributed by atoms with Crippen molar-refractivity contribution in [2.24, 2.45) is 0 Å². The molecule has 0 aliphatic carbocycles. The lowest BCUT2D eigenvalue weighted by atomic mass is 10.1. The van der Waals surface area contributed by atoms with Crippen molar-refractivity contribution in [1.82, 2.24) is 14.8 Å². The minimum absolute atomic E-state index is 0.0885. The lowest BCUT2D eigenvalue weighted by Gasteiger charge is -2.34. The fourth-order valence-electron chi connectivity index (χ4n) is 3.28. The van der Waals surface area contributed by atoms with E-state index < -0.39 is 11.6 Å². The third-order valence-corrected chi connectivity index (χ3v) is 4.76. The molecule has 1 aromatic heterocycles. The molecule has 8 heteroatoms. The van der Waals surface area contributed by atoms with Crippen LogP contribution in [0.5, 0.6) is 0 Å². The van der Waals surface area contributed by atoms with Crippen molar-refractivity contribution in [2.45, 2.75) is 6.92 Å². The second-order valence-corrected chi connectivity index (χ2v) is 6.63. The number of benzene rings is 2. The number of halogens is 2. The first-order valence-corrected chi connectivity index (χ1v) is 8.83. The van der Waals surface area contributed by atoms with Gasteiger partial charge < -0.3 is 14.2 Å². The second-order valence-electron chi connectivity index (χ2n) is 6.63. The highest BCUT2D eigenvalue weighted by molar-refractivity contribution is 5.98. The lowest BCUT2D eigenvalue weighted by molar-refractivity contribution is 0.0535. The molecule has 2 aromatic carbocycles. The van der Waals surface area contributed by atoms with Gasteiger partial charge in [0.1, 0.15) is 5.52 Å². The number of carbonyl (C=O) groups is 2. The zero-order valence-corrected chi connectivity index (χ0v) is 15.1. The van der Waals surface area contributed by atoms with Gasteiger partial charge in [-0.15, -0.1) is 0 Å². The first-order valence-electron chi connectivity index (χ1n) is 8.83. The van der Waals surface area contributed by atoms with Crippen molar-refractivity contribution < 1.29 is 22.8 Å². The van der Waals surface area contributed by atoms with Crippen LogP contribution in [0.15, 0.2) is 40.8 Å². The first-order chi connectivity index (χ1) is 13.4. The molecule has 0 N–H and O–H groups in total. The number of piperazine rings is 1. The normalized spacial score (nSPS) is 14.5. The van der Waals surface area contributed by atoms with Gasteiger partial charge in [-0.2, -0.15) is 0 Å². The predicted octanol–water partition coefficient (Wildman–Crippen LogP) is 3.01. The van der Waals surface area contributed by atoms with Gasteiger partial charge in [-0.25, -0.2) is 13.8 Å². The van der Waals surface area contributed by atoms with E-state index in [4.69, 9.17) is 4.42 Å². The van der Waals surface area contributed by atoms with Crippen molar-refractivity contribution in [3.05, 3.63) is 65.1 Å². The van der Waals surface area contributed by atoms with E-state index in [9.17, 15) is 18.4 Å². The Bertz CT molecular complexity index is 1070. The summed E-state index contributed by atoms with van der Waals surface area (Å²) >= 11 is 0. The molecule has 1 fully saturated rings. The summed E-state index contributed by atoms with van der Waals surface area (Å²) in [6, 6.07) is 8.17. The van der Waals surface area contributed by atoms with Crippen molar-refractivity contribution in [3.8, 4) is 0 Å². The van der Waals surface area contributed by atoms with Crippen molar-refractivity contribution >= 4 is 22.9 Å². The van der Waals surface area contributed by atoms with Crippen molar-refractivity contribution in [3.63, 3.8) is 0 Å². The summed E-state index contributed by atoms with van der Waals surface area (Å²) in [5, 5.41) is 0. The van der Waals surface area contributed by atoms with E-state index in [0.29, 0.717) is 48.7 Å². The van der Waals surface area contributed by atoms with Crippen LogP contribution in [0.25, 0.3) is 11.1 Å². The average molecular weight is 385 g/mol. The SMILES string of the molecule is Cc1nc2cc(C(=O)N3CCN(C(=O)c4ccc(F)c(F)c4)CC3)ccc2o1. The number of fused-ring (bicyclic) bond motifs is 1. The second kappa shape index (κ2) is 7.03. The van der Waals surface area contributed by atoms with Gasteiger partial charge in [0.15, 0.2) is 23.1 Å². The molecule has 4 rings (SSSR count). The molecule has 0 unspecified atom stereocenters. The van der Waals surface area contributed by atoms with Crippen LogP contribution >= 0.6 is 0 Å². The molecular weight excluding hydrogens is 368 g/mol. The molecule has 0 spiro atoms. The Morgan fingerprint density at radius 3 is 2.07 bits per heavy atom. The van der Waals surface area contributed by atoms with Gasteiger partial charge in [0.2, 0.25) is 0 Å².